The van der Waals surface area contributed by atoms with Crippen molar-refractivity contribution in [3.05, 3.63) is 33.9 Å². The van der Waals surface area contributed by atoms with Gasteiger partial charge in [-0.15, -0.1) is 0 Å². The first kappa shape index (κ1) is 18.8. The van der Waals surface area contributed by atoms with Crippen molar-refractivity contribution in [1.82, 2.24) is 4.90 Å². The van der Waals surface area contributed by atoms with Crippen molar-refractivity contribution in [1.29, 1.82) is 0 Å². The van der Waals surface area contributed by atoms with Gasteiger partial charge in [-0.2, -0.15) is 0 Å². The van der Waals surface area contributed by atoms with Crippen molar-refractivity contribution < 1.29 is 4.92 Å². The van der Waals surface area contributed by atoms with Gasteiger partial charge in [-0.05, 0) is 30.9 Å². The van der Waals surface area contributed by atoms with E-state index in [1.54, 1.807) is 12.1 Å². The zero-order valence-corrected chi connectivity index (χ0v) is 15.8. The number of non-ortho nitro benzene ring substituents is 1. The monoisotopic (exact) mass is 349 g/mol. The van der Waals surface area contributed by atoms with Gasteiger partial charge in [0.25, 0.3) is 5.69 Å². The fraction of sp³-hybridized carbons (Fsp3) is 0.611. The Labute approximate surface area is 148 Å². The molecule has 0 saturated carbocycles. The van der Waals surface area contributed by atoms with E-state index in [9.17, 15) is 10.1 Å². The van der Waals surface area contributed by atoms with Crippen LogP contribution < -0.4 is 0 Å². The summed E-state index contributed by atoms with van der Waals surface area (Å²) in [5.41, 5.74) is 1.80. The molecule has 1 aromatic rings. The van der Waals surface area contributed by atoms with Gasteiger partial charge < -0.3 is 4.90 Å². The Morgan fingerprint density at radius 3 is 2.79 bits per heavy atom. The first-order valence-corrected chi connectivity index (χ1v) is 9.69. The lowest BCUT2D eigenvalue weighted by atomic mass is 9.99. The molecule has 1 fully saturated rings. The fourth-order valence-electron chi connectivity index (χ4n) is 2.89. The summed E-state index contributed by atoms with van der Waals surface area (Å²) in [5.74, 6) is 1.71. The number of nitro groups is 1. The first-order chi connectivity index (χ1) is 11.5. The van der Waals surface area contributed by atoms with Crippen LogP contribution in [0.1, 0.15) is 45.6 Å². The number of amidine groups is 1. The van der Waals surface area contributed by atoms with Gasteiger partial charge in [0, 0.05) is 30.5 Å². The maximum atomic E-state index is 10.9. The van der Waals surface area contributed by atoms with Crippen molar-refractivity contribution in [2.45, 2.75) is 53.0 Å². The zero-order chi connectivity index (χ0) is 17.7. The van der Waals surface area contributed by atoms with Crippen molar-refractivity contribution in [3.63, 3.8) is 0 Å². The summed E-state index contributed by atoms with van der Waals surface area (Å²) in [7, 11) is 0. The van der Waals surface area contributed by atoms with Crippen LogP contribution in [0.5, 0.6) is 0 Å². The van der Waals surface area contributed by atoms with Gasteiger partial charge in [-0.25, -0.2) is 4.99 Å². The quantitative estimate of drug-likeness (QED) is 0.504. The maximum absolute atomic E-state index is 10.9. The molecule has 0 spiro atoms. The molecule has 1 saturated heterocycles. The number of aryl methyl sites for hydroxylation is 1. The molecule has 0 bridgehead atoms. The Kier molecular flexibility index (Phi) is 6.66. The normalized spacial score (nSPS) is 20.6. The largest absolute Gasteiger partial charge is 0.347 e. The summed E-state index contributed by atoms with van der Waals surface area (Å²) in [6.07, 6.45) is 3.49. The molecule has 0 aromatic heterocycles. The molecule has 6 heteroatoms. The number of benzene rings is 1. The fourth-order valence-corrected chi connectivity index (χ4v) is 4.27. The lowest BCUT2D eigenvalue weighted by Gasteiger charge is -2.30. The molecule has 2 atom stereocenters. The molecule has 1 aliphatic rings. The van der Waals surface area contributed by atoms with Crippen molar-refractivity contribution in [2.75, 3.05) is 12.3 Å². The smallest absolute Gasteiger partial charge is 0.269 e. The Morgan fingerprint density at radius 2 is 2.21 bits per heavy atom. The van der Waals surface area contributed by atoms with E-state index in [0.29, 0.717) is 12.0 Å². The van der Waals surface area contributed by atoms with Crippen LogP contribution in [-0.4, -0.2) is 33.3 Å². The minimum absolute atomic E-state index is 0.121. The molecule has 2 rings (SSSR count). The lowest BCUT2D eigenvalue weighted by molar-refractivity contribution is -0.384. The van der Waals surface area contributed by atoms with Gasteiger partial charge in [-0.3, -0.25) is 10.1 Å². The van der Waals surface area contributed by atoms with Crippen molar-refractivity contribution in [3.8, 4) is 0 Å². The van der Waals surface area contributed by atoms with Crippen molar-refractivity contribution in [2.24, 2.45) is 10.9 Å². The highest BCUT2D eigenvalue weighted by atomic mass is 32.2. The predicted octanol–water partition coefficient (Wildman–Crippen LogP) is 5.15. The minimum atomic E-state index is -0.360. The second-order valence-corrected chi connectivity index (χ2v) is 7.42. The van der Waals surface area contributed by atoms with Gasteiger partial charge in [0.05, 0.1) is 10.6 Å². The lowest BCUT2D eigenvalue weighted by Crippen LogP contribution is -2.38. The number of rotatable bonds is 7. The third-order valence-electron chi connectivity index (χ3n) is 4.69. The molecule has 0 aliphatic carbocycles. The van der Waals surface area contributed by atoms with E-state index in [1.807, 2.05) is 18.7 Å². The molecule has 1 unspecified atom stereocenters. The third-order valence-corrected chi connectivity index (χ3v) is 5.78. The number of unbranched alkanes of at least 4 members (excludes halogenated alkanes) is 1. The van der Waals surface area contributed by atoms with Crippen LogP contribution in [0, 0.1) is 23.0 Å². The molecule has 0 N–H and O–H groups in total. The Morgan fingerprint density at radius 1 is 1.46 bits per heavy atom. The SMILES string of the molecule is CCCCN1C(=Nc2ccc([N+](=O)[O-])cc2C)SCC1[C@H](C)CC. The highest BCUT2D eigenvalue weighted by molar-refractivity contribution is 8.14. The molecular formula is C18H27N3O2S. The van der Waals surface area contributed by atoms with Crippen LogP contribution in [-0.2, 0) is 0 Å². The summed E-state index contributed by atoms with van der Waals surface area (Å²) < 4.78 is 0. The molecule has 0 amide bonds. The second kappa shape index (κ2) is 8.51. The van der Waals surface area contributed by atoms with E-state index in [2.05, 4.69) is 25.7 Å². The summed E-state index contributed by atoms with van der Waals surface area (Å²) in [5, 5.41) is 11.9. The second-order valence-electron chi connectivity index (χ2n) is 6.43. The van der Waals surface area contributed by atoms with Gasteiger partial charge in [-0.1, -0.05) is 45.4 Å². The van der Waals surface area contributed by atoms with Crippen LogP contribution >= 0.6 is 11.8 Å². The molecule has 5 nitrogen and oxygen atoms in total. The van der Waals surface area contributed by atoms with Gasteiger partial charge >= 0.3 is 0 Å². The predicted molar refractivity (Wildman–Crippen MR) is 102 cm³/mol. The highest BCUT2D eigenvalue weighted by Crippen LogP contribution is 2.33. The first-order valence-electron chi connectivity index (χ1n) is 8.71. The number of nitrogens with zero attached hydrogens (tertiary/aromatic N) is 3. The summed E-state index contributed by atoms with van der Waals surface area (Å²) in [6.45, 7) is 9.67. The van der Waals surface area contributed by atoms with Gasteiger partial charge in [0.1, 0.15) is 0 Å². The number of nitro benzene ring substituents is 1. The molecule has 1 aromatic carbocycles. The van der Waals surface area contributed by atoms with Crippen LogP contribution in [0.3, 0.4) is 0 Å². The Hall–Kier alpha value is -1.56. The molecule has 24 heavy (non-hydrogen) atoms. The summed E-state index contributed by atoms with van der Waals surface area (Å²) in [6, 6.07) is 5.43. The molecule has 1 aliphatic heterocycles. The third kappa shape index (κ3) is 4.29. The highest BCUT2D eigenvalue weighted by Gasteiger charge is 2.32. The number of thioether (sulfide) groups is 1. The molecule has 1 heterocycles. The summed E-state index contributed by atoms with van der Waals surface area (Å²) >= 11 is 1.81. The van der Waals surface area contributed by atoms with Gasteiger partial charge in [0.2, 0.25) is 0 Å². The van der Waals surface area contributed by atoms with Crippen molar-refractivity contribution >= 4 is 28.3 Å². The zero-order valence-electron chi connectivity index (χ0n) is 15.0. The Balaban J connectivity index is 2.27. The van der Waals surface area contributed by atoms with E-state index in [-0.39, 0.29) is 10.6 Å². The molecular weight excluding hydrogens is 322 g/mol. The average molecular weight is 350 g/mol. The van der Waals surface area contributed by atoms with Gasteiger partial charge in [0.15, 0.2) is 5.17 Å². The average Bonchev–Trinajstić information content (AvgIpc) is 2.96. The van der Waals surface area contributed by atoms with Crippen LogP contribution in [0.25, 0.3) is 0 Å². The van der Waals surface area contributed by atoms with E-state index in [4.69, 9.17) is 4.99 Å². The van der Waals surface area contributed by atoms with E-state index in [0.717, 1.165) is 48.0 Å². The minimum Gasteiger partial charge on any atom is -0.347 e. The van der Waals surface area contributed by atoms with E-state index < -0.39 is 0 Å². The number of hydrogen-bond acceptors (Lipinski definition) is 4. The molecule has 132 valence electrons. The number of hydrogen-bond donors (Lipinski definition) is 0. The van der Waals surface area contributed by atoms with Crippen LogP contribution in [0.15, 0.2) is 23.2 Å². The van der Waals surface area contributed by atoms with E-state index in [1.165, 1.54) is 6.07 Å². The Bertz CT molecular complexity index is 618. The number of aliphatic imine (C=N–C) groups is 1. The molecule has 0 radical (unpaired) electrons. The maximum Gasteiger partial charge on any atom is 0.269 e. The van der Waals surface area contributed by atoms with E-state index >= 15 is 0 Å². The van der Waals surface area contributed by atoms with Crippen LogP contribution in [0.2, 0.25) is 0 Å². The summed E-state index contributed by atoms with van der Waals surface area (Å²) in [4.78, 5) is 17.8. The van der Waals surface area contributed by atoms with Crippen LogP contribution in [0.4, 0.5) is 11.4 Å². The standard InChI is InChI=1S/C18H27N3O2S/c1-5-7-10-20-17(13(3)6-2)12-24-18(20)19-16-9-8-15(21(22)23)11-14(16)4/h8-9,11,13,17H,5-7,10,12H2,1-4H3/t13-,17?/m1/s1. The topological polar surface area (TPSA) is 58.7 Å².